The van der Waals surface area contributed by atoms with Crippen molar-refractivity contribution in [2.75, 3.05) is 54.4 Å². The summed E-state index contributed by atoms with van der Waals surface area (Å²) >= 11 is 0. The Labute approximate surface area is 159 Å². The van der Waals surface area contributed by atoms with E-state index in [-0.39, 0.29) is 5.91 Å². The van der Waals surface area contributed by atoms with Gasteiger partial charge in [0.1, 0.15) is 0 Å². The number of hydrogen-bond acceptors (Lipinski definition) is 7. The van der Waals surface area contributed by atoms with E-state index in [9.17, 15) is 4.79 Å². The molecule has 0 spiro atoms. The molecule has 1 aromatic carbocycles. The Hall–Kier alpha value is -2.90. The van der Waals surface area contributed by atoms with Crippen molar-refractivity contribution in [1.29, 1.82) is 0 Å². The largest absolute Gasteiger partial charge is 0.372 e. The Morgan fingerprint density at radius 3 is 2.33 bits per heavy atom. The molecule has 3 heterocycles. The lowest BCUT2D eigenvalue weighted by Crippen LogP contribution is -2.48. The van der Waals surface area contributed by atoms with Crippen LogP contribution in [-0.4, -0.2) is 65.3 Å². The summed E-state index contributed by atoms with van der Waals surface area (Å²) in [6.45, 7) is 6.81. The fourth-order valence-electron chi connectivity index (χ4n) is 3.61. The number of piperazine rings is 1. The summed E-state index contributed by atoms with van der Waals surface area (Å²) in [4.78, 5) is 22.4. The van der Waals surface area contributed by atoms with Crippen LogP contribution >= 0.6 is 0 Å². The van der Waals surface area contributed by atoms with Gasteiger partial charge < -0.3 is 20.0 Å². The van der Waals surface area contributed by atoms with Crippen LogP contribution in [0.3, 0.4) is 0 Å². The molecule has 2 fully saturated rings. The van der Waals surface area contributed by atoms with Gasteiger partial charge in [-0.25, -0.2) is 0 Å². The zero-order chi connectivity index (χ0) is 18.6. The maximum atomic E-state index is 11.5. The van der Waals surface area contributed by atoms with E-state index >= 15 is 0 Å². The summed E-state index contributed by atoms with van der Waals surface area (Å²) in [7, 11) is 0. The van der Waals surface area contributed by atoms with Gasteiger partial charge in [0.05, 0.1) is 6.20 Å². The second-order valence-electron chi connectivity index (χ2n) is 7.00. The number of benzene rings is 1. The molecule has 2 aliphatic heterocycles. The van der Waals surface area contributed by atoms with Crippen molar-refractivity contribution in [3.05, 3.63) is 30.5 Å². The fraction of sp³-hybridized carbons (Fsp3) is 0.474. The molecule has 8 nitrogen and oxygen atoms in total. The van der Waals surface area contributed by atoms with Gasteiger partial charge >= 0.3 is 0 Å². The Morgan fingerprint density at radius 1 is 0.963 bits per heavy atom. The normalized spacial score (nSPS) is 17.3. The number of carbonyl (C=O) groups excluding carboxylic acids is 1. The van der Waals surface area contributed by atoms with Gasteiger partial charge in [0.25, 0.3) is 0 Å². The van der Waals surface area contributed by atoms with Gasteiger partial charge in [-0.05, 0) is 37.1 Å². The molecule has 0 unspecified atom stereocenters. The smallest absolute Gasteiger partial charge is 0.249 e. The summed E-state index contributed by atoms with van der Waals surface area (Å²) in [6, 6.07) is 8.36. The minimum atomic E-state index is 0.121. The van der Waals surface area contributed by atoms with E-state index in [2.05, 4.69) is 54.6 Å². The topological polar surface area (TPSA) is 77.5 Å². The number of nitrogens with zero attached hydrogens (tertiary/aromatic N) is 6. The molecule has 0 radical (unpaired) electrons. The molecule has 27 heavy (non-hydrogen) atoms. The van der Waals surface area contributed by atoms with Gasteiger partial charge in [-0.3, -0.25) is 4.79 Å². The lowest BCUT2D eigenvalue weighted by molar-refractivity contribution is -0.129. The van der Waals surface area contributed by atoms with E-state index in [0.717, 1.165) is 37.7 Å². The maximum absolute atomic E-state index is 11.5. The molecule has 2 aromatic rings. The molecular weight excluding hydrogens is 342 g/mol. The van der Waals surface area contributed by atoms with Crippen LogP contribution in [0.1, 0.15) is 19.8 Å². The Morgan fingerprint density at radius 2 is 1.67 bits per heavy atom. The highest BCUT2D eigenvalue weighted by Crippen LogP contribution is 2.23. The molecule has 1 aromatic heterocycles. The molecule has 142 valence electrons. The predicted octanol–water partition coefficient (Wildman–Crippen LogP) is 1.88. The number of rotatable bonds is 4. The maximum Gasteiger partial charge on any atom is 0.249 e. The predicted molar refractivity (Wildman–Crippen MR) is 105 cm³/mol. The summed E-state index contributed by atoms with van der Waals surface area (Å²) in [6.07, 6.45) is 4.21. The molecule has 1 amide bonds. The average Bonchev–Trinajstić information content (AvgIpc) is 3.24. The third-order valence-corrected chi connectivity index (χ3v) is 5.19. The van der Waals surface area contributed by atoms with Crippen LogP contribution in [0, 0.1) is 0 Å². The van der Waals surface area contributed by atoms with Gasteiger partial charge in [-0.15, -0.1) is 5.10 Å². The zero-order valence-electron chi connectivity index (χ0n) is 15.6. The lowest BCUT2D eigenvalue weighted by atomic mass is 10.2. The first-order valence-electron chi connectivity index (χ1n) is 9.51. The van der Waals surface area contributed by atoms with Crippen LogP contribution in [0.2, 0.25) is 0 Å². The Balaban J connectivity index is 1.40. The van der Waals surface area contributed by atoms with Crippen LogP contribution in [0.4, 0.5) is 23.1 Å². The molecule has 0 saturated carbocycles. The highest BCUT2D eigenvalue weighted by Gasteiger charge is 2.20. The van der Waals surface area contributed by atoms with Gasteiger partial charge in [0.15, 0.2) is 5.82 Å². The number of hydrogen-bond donors (Lipinski definition) is 1. The van der Waals surface area contributed by atoms with Gasteiger partial charge in [0, 0.05) is 57.6 Å². The van der Waals surface area contributed by atoms with E-state index in [1.54, 1.807) is 13.1 Å². The summed E-state index contributed by atoms with van der Waals surface area (Å²) in [5.74, 6) is 1.38. The van der Waals surface area contributed by atoms with E-state index in [1.165, 1.54) is 18.5 Å². The van der Waals surface area contributed by atoms with Gasteiger partial charge in [-0.2, -0.15) is 10.1 Å². The van der Waals surface area contributed by atoms with E-state index < -0.39 is 0 Å². The van der Waals surface area contributed by atoms with Crippen LogP contribution < -0.4 is 15.1 Å². The van der Waals surface area contributed by atoms with E-state index in [1.807, 2.05) is 4.90 Å². The molecule has 2 saturated heterocycles. The number of aromatic nitrogens is 3. The molecule has 0 aliphatic carbocycles. The Bertz CT molecular complexity index is 781. The van der Waals surface area contributed by atoms with Crippen LogP contribution in [-0.2, 0) is 4.79 Å². The second-order valence-corrected chi connectivity index (χ2v) is 7.00. The number of nitrogens with one attached hydrogen (secondary N) is 1. The zero-order valence-corrected chi connectivity index (χ0v) is 15.6. The summed E-state index contributed by atoms with van der Waals surface area (Å²) < 4.78 is 0. The first-order chi connectivity index (χ1) is 13.2. The third-order valence-electron chi connectivity index (χ3n) is 5.19. The van der Waals surface area contributed by atoms with Gasteiger partial charge in [-0.1, -0.05) is 0 Å². The van der Waals surface area contributed by atoms with E-state index in [4.69, 9.17) is 0 Å². The first kappa shape index (κ1) is 17.5. The van der Waals surface area contributed by atoms with Crippen LogP contribution in [0.25, 0.3) is 0 Å². The van der Waals surface area contributed by atoms with Crippen LogP contribution in [0.15, 0.2) is 30.5 Å². The highest BCUT2D eigenvalue weighted by molar-refractivity contribution is 5.73. The third kappa shape index (κ3) is 4.10. The quantitative estimate of drug-likeness (QED) is 0.884. The minimum Gasteiger partial charge on any atom is -0.372 e. The summed E-state index contributed by atoms with van der Waals surface area (Å²) in [5, 5.41) is 11.4. The van der Waals surface area contributed by atoms with Crippen molar-refractivity contribution in [1.82, 2.24) is 20.1 Å². The molecule has 0 atom stereocenters. The number of carbonyl (C=O) groups is 1. The van der Waals surface area contributed by atoms with Crippen molar-refractivity contribution in [3.8, 4) is 0 Å². The molecule has 2 aliphatic rings. The fourth-order valence-corrected chi connectivity index (χ4v) is 3.61. The molecule has 1 N–H and O–H groups in total. The van der Waals surface area contributed by atoms with Crippen molar-refractivity contribution >= 4 is 29.0 Å². The van der Waals surface area contributed by atoms with Gasteiger partial charge in [0.2, 0.25) is 11.9 Å². The minimum absolute atomic E-state index is 0.121. The van der Waals surface area contributed by atoms with Crippen molar-refractivity contribution < 1.29 is 4.79 Å². The van der Waals surface area contributed by atoms with Crippen molar-refractivity contribution in [3.63, 3.8) is 0 Å². The summed E-state index contributed by atoms with van der Waals surface area (Å²) in [5.41, 5.74) is 2.20. The molecule has 0 bridgehead atoms. The standard InChI is InChI=1S/C19H25N7O/c1-15(27)24-10-12-26(13-11-24)18-14-20-23-19(22-18)21-16-4-6-17(7-5-16)25-8-2-3-9-25/h4-7,14H,2-3,8-13H2,1H3,(H,21,22,23). The SMILES string of the molecule is CC(=O)N1CCN(c2cnnc(Nc3ccc(N4CCCC4)cc3)n2)CC1. The van der Waals surface area contributed by atoms with Crippen molar-refractivity contribution in [2.24, 2.45) is 0 Å². The van der Waals surface area contributed by atoms with Crippen LogP contribution in [0.5, 0.6) is 0 Å². The molecular formula is C19H25N7O. The lowest BCUT2D eigenvalue weighted by Gasteiger charge is -2.34. The molecule has 8 heteroatoms. The highest BCUT2D eigenvalue weighted by atomic mass is 16.2. The first-order valence-corrected chi connectivity index (χ1v) is 9.51. The molecule has 4 rings (SSSR count). The monoisotopic (exact) mass is 367 g/mol. The van der Waals surface area contributed by atoms with E-state index in [0.29, 0.717) is 19.0 Å². The number of anilines is 4. The Kier molecular flexibility index (Phi) is 5.04. The average molecular weight is 367 g/mol. The second kappa shape index (κ2) is 7.77. The van der Waals surface area contributed by atoms with Crippen molar-refractivity contribution in [2.45, 2.75) is 19.8 Å². The number of amides is 1.